The molecular formula is C23H28N4O5. The predicted octanol–water partition coefficient (Wildman–Crippen LogP) is 2.30. The first-order valence-corrected chi connectivity index (χ1v) is 10.0. The number of hydrazone groups is 1. The molecule has 2 aromatic carbocycles. The summed E-state index contributed by atoms with van der Waals surface area (Å²) in [6.07, 6.45) is 1.36. The van der Waals surface area contributed by atoms with Crippen LogP contribution in [0, 0.1) is 13.8 Å². The van der Waals surface area contributed by atoms with Crippen molar-refractivity contribution in [2.75, 3.05) is 19.0 Å². The molecule has 0 aliphatic carbocycles. The molecule has 170 valence electrons. The fourth-order valence-corrected chi connectivity index (χ4v) is 2.63. The molecule has 0 radical (unpaired) electrons. The molecule has 0 bridgehead atoms. The zero-order chi connectivity index (χ0) is 23.7. The van der Waals surface area contributed by atoms with E-state index >= 15 is 0 Å². The molecule has 0 atom stereocenters. The van der Waals surface area contributed by atoms with Crippen molar-refractivity contribution >= 4 is 29.6 Å². The molecule has 2 rings (SSSR count). The van der Waals surface area contributed by atoms with Crippen molar-refractivity contribution in [1.29, 1.82) is 0 Å². The van der Waals surface area contributed by atoms with Gasteiger partial charge in [-0.25, -0.2) is 5.43 Å². The van der Waals surface area contributed by atoms with E-state index in [0.717, 1.165) is 16.8 Å². The standard InChI is InChI=1S/C23H28N4O5/c1-14(2)25-22(29)23(30)27-24-12-17-8-9-19(20(11-17)31-5)32-13-21(28)26-18-10-15(3)6-7-16(18)4/h6-12,14H,13H2,1-5H3,(H,25,29)(H,26,28)(H,27,30)/b24-12-. The van der Waals surface area contributed by atoms with E-state index < -0.39 is 11.8 Å². The summed E-state index contributed by atoms with van der Waals surface area (Å²) in [6, 6.07) is 10.6. The molecule has 0 heterocycles. The Balaban J connectivity index is 1.95. The van der Waals surface area contributed by atoms with Crippen LogP contribution in [-0.2, 0) is 14.4 Å². The lowest BCUT2D eigenvalue weighted by Gasteiger charge is -2.12. The van der Waals surface area contributed by atoms with Gasteiger partial charge in [-0.2, -0.15) is 5.10 Å². The first-order valence-electron chi connectivity index (χ1n) is 10.0. The molecule has 0 spiro atoms. The Morgan fingerprint density at radius 2 is 1.78 bits per heavy atom. The molecule has 0 fully saturated rings. The van der Waals surface area contributed by atoms with Crippen molar-refractivity contribution in [2.45, 2.75) is 33.7 Å². The SMILES string of the molecule is COc1cc(/C=N\NC(=O)C(=O)NC(C)C)ccc1OCC(=O)Nc1cc(C)ccc1C. The van der Waals surface area contributed by atoms with E-state index in [9.17, 15) is 14.4 Å². The number of nitrogens with one attached hydrogen (secondary N) is 3. The number of methoxy groups -OCH3 is 1. The van der Waals surface area contributed by atoms with E-state index in [-0.39, 0.29) is 18.6 Å². The van der Waals surface area contributed by atoms with Crippen LogP contribution in [0.5, 0.6) is 11.5 Å². The second-order valence-electron chi connectivity index (χ2n) is 7.39. The van der Waals surface area contributed by atoms with Gasteiger partial charge in [-0.1, -0.05) is 12.1 Å². The smallest absolute Gasteiger partial charge is 0.329 e. The Labute approximate surface area is 187 Å². The van der Waals surface area contributed by atoms with Crippen molar-refractivity contribution in [1.82, 2.24) is 10.7 Å². The van der Waals surface area contributed by atoms with E-state index in [1.807, 2.05) is 32.0 Å². The Hall–Kier alpha value is -3.88. The monoisotopic (exact) mass is 440 g/mol. The van der Waals surface area contributed by atoms with Crippen molar-refractivity contribution in [3.05, 3.63) is 53.1 Å². The van der Waals surface area contributed by atoms with Gasteiger partial charge in [0, 0.05) is 11.7 Å². The summed E-state index contributed by atoms with van der Waals surface area (Å²) in [5.41, 5.74) is 5.49. The zero-order valence-electron chi connectivity index (χ0n) is 18.8. The Kier molecular flexibility index (Phi) is 8.76. The molecule has 0 aliphatic heterocycles. The van der Waals surface area contributed by atoms with Gasteiger partial charge in [-0.3, -0.25) is 14.4 Å². The van der Waals surface area contributed by atoms with E-state index in [4.69, 9.17) is 9.47 Å². The molecule has 3 amide bonds. The number of rotatable bonds is 8. The van der Waals surface area contributed by atoms with Gasteiger partial charge in [-0.05, 0) is 68.7 Å². The van der Waals surface area contributed by atoms with Crippen LogP contribution in [0.3, 0.4) is 0 Å². The minimum Gasteiger partial charge on any atom is -0.493 e. The average molecular weight is 441 g/mol. The number of hydrogen-bond donors (Lipinski definition) is 3. The Morgan fingerprint density at radius 3 is 2.47 bits per heavy atom. The number of amides is 3. The third-order valence-corrected chi connectivity index (χ3v) is 4.22. The number of carbonyl (C=O) groups excluding carboxylic acids is 3. The quantitative estimate of drug-likeness (QED) is 0.331. The zero-order valence-corrected chi connectivity index (χ0v) is 18.8. The van der Waals surface area contributed by atoms with E-state index in [1.54, 1.807) is 32.0 Å². The molecule has 9 nitrogen and oxygen atoms in total. The second kappa shape index (κ2) is 11.5. The van der Waals surface area contributed by atoms with Crippen LogP contribution in [0.4, 0.5) is 5.69 Å². The van der Waals surface area contributed by atoms with Crippen molar-refractivity contribution < 1.29 is 23.9 Å². The van der Waals surface area contributed by atoms with Crippen molar-refractivity contribution in [3.8, 4) is 11.5 Å². The number of hydrogen-bond acceptors (Lipinski definition) is 6. The average Bonchev–Trinajstić information content (AvgIpc) is 2.74. The van der Waals surface area contributed by atoms with E-state index in [2.05, 4.69) is 21.2 Å². The van der Waals surface area contributed by atoms with Crippen LogP contribution >= 0.6 is 0 Å². The van der Waals surface area contributed by atoms with Gasteiger partial charge in [0.1, 0.15) is 0 Å². The highest BCUT2D eigenvalue weighted by atomic mass is 16.5. The molecule has 2 aromatic rings. The van der Waals surface area contributed by atoms with Crippen LogP contribution in [0.2, 0.25) is 0 Å². The maximum atomic E-state index is 12.3. The minimum atomic E-state index is -0.864. The maximum absolute atomic E-state index is 12.3. The van der Waals surface area contributed by atoms with Gasteiger partial charge in [0.15, 0.2) is 18.1 Å². The van der Waals surface area contributed by atoms with Crippen LogP contribution < -0.4 is 25.5 Å². The summed E-state index contributed by atoms with van der Waals surface area (Å²) in [5.74, 6) is -1.17. The van der Waals surface area contributed by atoms with Crippen LogP contribution in [-0.4, -0.2) is 43.7 Å². The molecule has 0 aliphatic rings. The molecule has 0 saturated carbocycles. The molecule has 3 N–H and O–H groups in total. The number of benzene rings is 2. The summed E-state index contributed by atoms with van der Waals surface area (Å²) in [6.45, 7) is 7.17. The molecule has 0 saturated heterocycles. The molecule has 0 aromatic heterocycles. The Bertz CT molecular complexity index is 1020. The van der Waals surface area contributed by atoms with E-state index in [1.165, 1.54) is 13.3 Å². The molecular weight excluding hydrogens is 412 g/mol. The summed E-state index contributed by atoms with van der Waals surface area (Å²) in [5, 5.41) is 9.06. The van der Waals surface area contributed by atoms with Gasteiger partial charge in [0.25, 0.3) is 5.91 Å². The highest BCUT2D eigenvalue weighted by Gasteiger charge is 2.13. The summed E-state index contributed by atoms with van der Waals surface area (Å²) in [7, 11) is 1.47. The van der Waals surface area contributed by atoms with Gasteiger partial charge >= 0.3 is 11.8 Å². The molecule has 0 unspecified atom stereocenters. The summed E-state index contributed by atoms with van der Waals surface area (Å²) < 4.78 is 10.9. The Morgan fingerprint density at radius 1 is 1.03 bits per heavy atom. The lowest BCUT2D eigenvalue weighted by molar-refractivity contribution is -0.139. The topological polar surface area (TPSA) is 118 Å². The molecule has 32 heavy (non-hydrogen) atoms. The largest absolute Gasteiger partial charge is 0.493 e. The van der Waals surface area contributed by atoms with Gasteiger partial charge in [0.05, 0.1) is 13.3 Å². The van der Waals surface area contributed by atoms with Gasteiger partial charge < -0.3 is 20.1 Å². The first kappa shape index (κ1) is 24.4. The predicted molar refractivity (Wildman–Crippen MR) is 122 cm³/mol. The number of aryl methyl sites for hydroxylation is 2. The third kappa shape index (κ3) is 7.42. The lowest BCUT2D eigenvalue weighted by atomic mass is 10.1. The summed E-state index contributed by atoms with van der Waals surface area (Å²) >= 11 is 0. The summed E-state index contributed by atoms with van der Waals surface area (Å²) in [4.78, 5) is 35.5. The molecule has 9 heteroatoms. The fraction of sp³-hybridized carbons (Fsp3) is 0.304. The normalized spacial score (nSPS) is 10.7. The number of ether oxygens (including phenoxy) is 2. The van der Waals surface area contributed by atoms with Crippen LogP contribution in [0.15, 0.2) is 41.5 Å². The van der Waals surface area contributed by atoms with Crippen molar-refractivity contribution in [3.63, 3.8) is 0 Å². The number of nitrogens with zero attached hydrogens (tertiary/aromatic N) is 1. The van der Waals surface area contributed by atoms with Crippen LogP contribution in [0.1, 0.15) is 30.5 Å². The maximum Gasteiger partial charge on any atom is 0.329 e. The first-order chi connectivity index (χ1) is 15.2. The fourth-order valence-electron chi connectivity index (χ4n) is 2.63. The highest BCUT2D eigenvalue weighted by molar-refractivity contribution is 6.35. The minimum absolute atomic E-state index is 0.156. The van der Waals surface area contributed by atoms with E-state index in [0.29, 0.717) is 17.1 Å². The van der Waals surface area contributed by atoms with Gasteiger partial charge in [0.2, 0.25) is 0 Å². The highest BCUT2D eigenvalue weighted by Crippen LogP contribution is 2.27. The number of anilines is 1. The third-order valence-electron chi connectivity index (χ3n) is 4.22. The van der Waals surface area contributed by atoms with Gasteiger partial charge in [-0.15, -0.1) is 0 Å². The van der Waals surface area contributed by atoms with Crippen LogP contribution in [0.25, 0.3) is 0 Å². The lowest BCUT2D eigenvalue weighted by Crippen LogP contribution is -2.41. The number of carbonyl (C=O) groups is 3. The second-order valence-corrected chi connectivity index (χ2v) is 7.39. The van der Waals surface area contributed by atoms with Crippen molar-refractivity contribution in [2.24, 2.45) is 5.10 Å².